The summed E-state index contributed by atoms with van der Waals surface area (Å²) in [6, 6.07) is 9.71. The monoisotopic (exact) mass is 282 g/mol. The lowest BCUT2D eigenvalue weighted by Crippen LogP contribution is -2.58. The summed E-state index contributed by atoms with van der Waals surface area (Å²) in [6.45, 7) is 2.32. The molecule has 1 atom stereocenters. The fraction of sp³-hybridized carbons (Fsp3) is 0.571. The first-order chi connectivity index (χ1) is 8.96. The predicted octanol–water partition coefficient (Wildman–Crippen LogP) is 1.59. The van der Waals surface area contributed by atoms with Gasteiger partial charge in [-0.1, -0.05) is 37.3 Å². The molecular weight excluding hydrogens is 260 g/mol. The van der Waals surface area contributed by atoms with Gasteiger partial charge in [-0.3, -0.25) is 0 Å². The molecule has 5 heteroatoms. The largest absolute Gasteiger partial charge is 0.329 e. The van der Waals surface area contributed by atoms with E-state index in [1.165, 1.54) is 0 Å². The maximum atomic E-state index is 12.2. The zero-order chi connectivity index (χ0) is 13.9. The van der Waals surface area contributed by atoms with Gasteiger partial charge in [0.2, 0.25) is 10.0 Å². The van der Waals surface area contributed by atoms with Crippen molar-refractivity contribution in [1.82, 2.24) is 4.72 Å². The van der Waals surface area contributed by atoms with Gasteiger partial charge in [0, 0.05) is 12.1 Å². The van der Waals surface area contributed by atoms with E-state index in [4.69, 9.17) is 5.73 Å². The highest BCUT2D eigenvalue weighted by atomic mass is 32.2. The predicted molar refractivity (Wildman–Crippen MR) is 77.4 cm³/mol. The third-order valence-electron chi connectivity index (χ3n) is 3.91. The molecule has 3 N–H and O–H groups in total. The van der Waals surface area contributed by atoms with E-state index in [2.05, 4.69) is 4.72 Å². The van der Waals surface area contributed by atoms with Crippen molar-refractivity contribution < 1.29 is 8.42 Å². The van der Waals surface area contributed by atoms with Crippen molar-refractivity contribution in [2.24, 2.45) is 5.73 Å². The van der Waals surface area contributed by atoms with Crippen molar-refractivity contribution in [1.29, 1.82) is 0 Å². The van der Waals surface area contributed by atoms with Gasteiger partial charge in [0.1, 0.15) is 0 Å². The molecule has 0 saturated heterocycles. The van der Waals surface area contributed by atoms with Crippen LogP contribution in [0.15, 0.2) is 30.3 Å². The molecule has 106 valence electrons. The highest BCUT2D eigenvalue weighted by molar-refractivity contribution is 7.89. The Balaban J connectivity index is 2.01. The van der Waals surface area contributed by atoms with Gasteiger partial charge in [-0.15, -0.1) is 0 Å². The lowest BCUT2D eigenvalue weighted by Gasteiger charge is -2.41. The van der Waals surface area contributed by atoms with E-state index in [-0.39, 0.29) is 17.2 Å². The summed E-state index contributed by atoms with van der Waals surface area (Å²) in [4.78, 5) is 0. The van der Waals surface area contributed by atoms with E-state index in [0.717, 1.165) is 24.8 Å². The molecule has 1 aliphatic rings. The van der Waals surface area contributed by atoms with Crippen LogP contribution >= 0.6 is 0 Å². The minimum atomic E-state index is -3.29. The summed E-state index contributed by atoms with van der Waals surface area (Å²) in [5.41, 5.74) is 6.36. The van der Waals surface area contributed by atoms with Gasteiger partial charge in [-0.2, -0.15) is 0 Å². The molecule has 1 saturated carbocycles. The fourth-order valence-corrected chi connectivity index (χ4v) is 4.41. The smallest absolute Gasteiger partial charge is 0.212 e. The molecule has 1 aromatic carbocycles. The van der Waals surface area contributed by atoms with Crippen LogP contribution in [-0.4, -0.2) is 26.3 Å². The summed E-state index contributed by atoms with van der Waals surface area (Å²) in [5, 5.41) is 0. The van der Waals surface area contributed by atoms with Crippen LogP contribution in [-0.2, 0) is 10.0 Å². The third-order valence-corrected chi connectivity index (χ3v) is 5.59. The zero-order valence-corrected chi connectivity index (χ0v) is 12.1. The highest BCUT2D eigenvalue weighted by Gasteiger charge is 2.39. The van der Waals surface area contributed by atoms with Gasteiger partial charge in [0.25, 0.3) is 0 Å². The molecule has 1 aliphatic carbocycles. The van der Waals surface area contributed by atoms with E-state index in [1.807, 2.05) is 37.3 Å². The quantitative estimate of drug-likeness (QED) is 0.832. The average Bonchev–Trinajstić information content (AvgIpc) is 2.34. The Labute approximate surface area is 115 Å². The molecule has 19 heavy (non-hydrogen) atoms. The van der Waals surface area contributed by atoms with E-state index >= 15 is 0 Å². The molecule has 0 bridgehead atoms. The normalized spacial score (nSPS) is 19.7. The lowest BCUT2D eigenvalue weighted by atomic mass is 9.78. The van der Waals surface area contributed by atoms with Gasteiger partial charge in [0.05, 0.1) is 5.75 Å². The maximum absolute atomic E-state index is 12.2. The molecule has 2 rings (SSSR count). The number of nitrogens with two attached hydrogens (primary N) is 1. The summed E-state index contributed by atoms with van der Waals surface area (Å²) in [5.74, 6) is 0.0901. The first kappa shape index (κ1) is 14.5. The maximum Gasteiger partial charge on any atom is 0.212 e. The van der Waals surface area contributed by atoms with E-state index in [0.29, 0.717) is 6.54 Å². The van der Waals surface area contributed by atoms with Crippen molar-refractivity contribution in [3.8, 4) is 0 Å². The number of nitrogens with one attached hydrogen (secondary N) is 1. The Morgan fingerprint density at radius 1 is 1.32 bits per heavy atom. The molecule has 0 heterocycles. The van der Waals surface area contributed by atoms with E-state index < -0.39 is 10.0 Å². The molecule has 1 unspecified atom stereocenters. The first-order valence-corrected chi connectivity index (χ1v) is 8.38. The lowest BCUT2D eigenvalue weighted by molar-refractivity contribution is 0.230. The minimum Gasteiger partial charge on any atom is -0.329 e. The van der Waals surface area contributed by atoms with Crippen LogP contribution in [0.3, 0.4) is 0 Å². The van der Waals surface area contributed by atoms with Crippen molar-refractivity contribution >= 4 is 10.0 Å². The average molecular weight is 282 g/mol. The molecule has 4 nitrogen and oxygen atoms in total. The second-order valence-electron chi connectivity index (χ2n) is 5.53. The molecule has 1 fully saturated rings. The topological polar surface area (TPSA) is 72.2 Å². The Morgan fingerprint density at radius 2 is 1.95 bits per heavy atom. The molecule has 0 aromatic heterocycles. The third kappa shape index (κ3) is 3.55. The molecule has 0 aliphatic heterocycles. The minimum absolute atomic E-state index is 0.0198. The van der Waals surface area contributed by atoms with Gasteiger partial charge in [0.15, 0.2) is 0 Å². The second kappa shape index (κ2) is 5.61. The zero-order valence-electron chi connectivity index (χ0n) is 11.3. The number of rotatable bonds is 6. The number of hydrogen-bond acceptors (Lipinski definition) is 3. The van der Waals surface area contributed by atoms with Crippen LogP contribution in [0, 0.1) is 0 Å². The standard InChI is InChI=1S/C14H22N2O2S/c1-12(13-6-3-2-4-7-13)10-19(17,18)16-14(11-15)8-5-9-14/h2-4,6-7,12,16H,5,8-11,15H2,1H3. The summed E-state index contributed by atoms with van der Waals surface area (Å²) >= 11 is 0. The van der Waals surface area contributed by atoms with Crippen molar-refractivity contribution in [2.75, 3.05) is 12.3 Å². The fourth-order valence-electron chi connectivity index (χ4n) is 2.53. The van der Waals surface area contributed by atoms with Crippen molar-refractivity contribution in [3.63, 3.8) is 0 Å². The Kier molecular flexibility index (Phi) is 4.28. The summed E-state index contributed by atoms with van der Waals surface area (Å²) in [7, 11) is -3.29. The molecular formula is C14H22N2O2S. The van der Waals surface area contributed by atoms with E-state index in [1.54, 1.807) is 0 Å². The number of hydrogen-bond donors (Lipinski definition) is 2. The first-order valence-electron chi connectivity index (χ1n) is 6.73. The van der Waals surface area contributed by atoms with Gasteiger partial charge < -0.3 is 5.73 Å². The molecule has 0 radical (unpaired) electrons. The Bertz CT molecular complexity index is 504. The van der Waals surface area contributed by atoms with Crippen LogP contribution in [0.2, 0.25) is 0 Å². The highest BCUT2D eigenvalue weighted by Crippen LogP contribution is 2.31. The summed E-state index contributed by atoms with van der Waals surface area (Å²) < 4.78 is 27.2. The number of benzene rings is 1. The van der Waals surface area contributed by atoms with Crippen LogP contribution in [0.25, 0.3) is 0 Å². The molecule has 0 spiro atoms. The second-order valence-corrected chi connectivity index (χ2v) is 7.30. The Morgan fingerprint density at radius 3 is 2.42 bits per heavy atom. The van der Waals surface area contributed by atoms with E-state index in [9.17, 15) is 8.42 Å². The van der Waals surface area contributed by atoms with Crippen molar-refractivity contribution in [3.05, 3.63) is 35.9 Å². The molecule has 1 aromatic rings. The molecule has 0 amide bonds. The number of sulfonamides is 1. The van der Waals surface area contributed by atoms with Crippen LogP contribution in [0.1, 0.15) is 37.7 Å². The van der Waals surface area contributed by atoms with Gasteiger partial charge in [-0.25, -0.2) is 13.1 Å². The van der Waals surface area contributed by atoms with Crippen LogP contribution in [0.4, 0.5) is 0 Å². The summed E-state index contributed by atoms with van der Waals surface area (Å²) in [6.07, 6.45) is 2.75. The van der Waals surface area contributed by atoms with Crippen LogP contribution < -0.4 is 10.5 Å². The van der Waals surface area contributed by atoms with Gasteiger partial charge in [-0.05, 0) is 30.7 Å². The van der Waals surface area contributed by atoms with Crippen LogP contribution in [0.5, 0.6) is 0 Å². The SMILES string of the molecule is CC(CS(=O)(=O)NC1(CN)CCC1)c1ccccc1. The van der Waals surface area contributed by atoms with Crippen molar-refractivity contribution in [2.45, 2.75) is 37.6 Å². The Hall–Kier alpha value is -0.910. The van der Waals surface area contributed by atoms with Gasteiger partial charge >= 0.3 is 0 Å².